The van der Waals surface area contributed by atoms with Crippen LogP contribution in [0.15, 0.2) is 49.1 Å². The van der Waals surface area contributed by atoms with E-state index in [4.69, 9.17) is 0 Å². The van der Waals surface area contributed by atoms with Crippen LogP contribution in [0.3, 0.4) is 0 Å². The minimum absolute atomic E-state index is 1.21. The third kappa shape index (κ3) is 7.07. The summed E-state index contributed by atoms with van der Waals surface area (Å²) in [5, 5.41) is 0. The van der Waals surface area contributed by atoms with E-state index in [0.29, 0.717) is 0 Å². The summed E-state index contributed by atoms with van der Waals surface area (Å²) in [6, 6.07) is 10.1. The van der Waals surface area contributed by atoms with E-state index in [1.54, 1.807) is 6.08 Å². The van der Waals surface area contributed by atoms with Crippen molar-refractivity contribution in [3.8, 4) is 0 Å². The van der Waals surface area contributed by atoms with Crippen LogP contribution in [0, 0.1) is 0 Å². The lowest BCUT2D eigenvalue weighted by Gasteiger charge is -1.87. The quantitative estimate of drug-likeness (QED) is 0.586. The van der Waals surface area contributed by atoms with Crippen molar-refractivity contribution in [3.05, 3.63) is 54.6 Å². The Kier molecular flexibility index (Phi) is 7.91. The molecule has 0 bridgehead atoms. The molecular formula is C13H18. The molecule has 0 unspecified atom stereocenters. The fourth-order valence-electron chi connectivity index (χ4n) is 0.743. The van der Waals surface area contributed by atoms with Crippen LogP contribution < -0.4 is 0 Å². The number of rotatable bonds is 2. The molecular weight excluding hydrogens is 156 g/mol. The lowest BCUT2D eigenvalue weighted by molar-refractivity contribution is 1.09. The van der Waals surface area contributed by atoms with Crippen molar-refractivity contribution in [1.29, 1.82) is 0 Å². The van der Waals surface area contributed by atoms with Crippen molar-refractivity contribution in [3.63, 3.8) is 0 Å². The summed E-state index contributed by atoms with van der Waals surface area (Å²) in [4.78, 5) is 0. The molecule has 0 aromatic heterocycles. The molecule has 0 N–H and O–H groups in total. The molecule has 0 spiro atoms. The summed E-state index contributed by atoms with van der Waals surface area (Å²) < 4.78 is 0. The highest BCUT2D eigenvalue weighted by Gasteiger charge is 1.78. The van der Waals surface area contributed by atoms with E-state index in [1.165, 1.54) is 12.0 Å². The number of hydrogen-bond donors (Lipinski definition) is 0. The fraction of sp³-hybridized carbons (Fsp3) is 0.231. The molecule has 0 saturated carbocycles. The van der Waals surface area contributed by atoms with E-state index in [2.05, 4.69) is 32.6 Å². The zero-order valence-corrected chi connectivity index (χ0v) is 8.53. The molecule has 0 aliphatic heterocycles. The van der Waals surface area contributed by atoms with Gasteiger partial charge >= 0.3 is 0 Å². The summed E-state index contributed by atoms with van der Waals surface area (Å²) in [6.45, 7) is 7.84. The SMILES string of the molecule is C=C/C=C/c1ccccc1.CCC. The highest BCUT2D eigenvalue weighted by Crippen LogP contribution is 1.99. The van der Waals surface area contributed by atoms with E-state index in [0.717, 1.165) is 0 Å². The Labute approximate surface area is 81.6 Å². The summed E-state index contributed by atoms with van der Waals surface area (Å²) in [6.07, 6.45) is 6.97. The van der Waals surface area contributed by atoms with Gasteiger partial charge in [0.25, 0.3) is 0 Å². The Morgan fingerprint density at radius 3 is 2.15 bits per heavy atom. The molecule has 0 amide bonds. The van der Waals surface area contributed by atoms with Crippen molar-refractivity contribution in [2.45, 2.75) is 20.3 Å². The predicted octanol–water partition coefficient (Wildman–Crippen LogP) is 4.30. The Morgan fingerprint density at radius 2 is 1.69 bits per heavy atom. The van der Waals surface area contributed by atoms with Gasteiger partial charge in [0.1, 0.15) is 0 Å². The van der Waals surface area contributed by atoms with Gasteiger partial charge in [0.05, 0.1) is 0 Å². The molecule has 1 rings (SSSR count). The van der Waals surface area contributed by atoms with Gasteiger partial charge in [0, 0.05) is 0 Å². The molecule has 0 nitrogen and oxygen atoms in total. The molecule has 0 fully saturated rings. The topological polar surface area (TPSA) is 0 Å². The average molecular weight is 174 g/mol. The van der Waals surface area contributed by atoms with Crippen LogP contribution in [0.4, 0.5) is 0 Å². The van der Waals surface area contributed by atoms with Crippen LogP contribution in [0.5, 0.6) is 0 Å². The van der Waals surface area contributed by atoms with Crippen molar-refractivity contribution >= 4 is 6.08 Å². The Hall–Kier alpha value is -1.30. The molecule has 1 aromatic carbocycles. The normalized spacial score (nSPS) is 9.08. The molecule has 0 aliphatic rings. The summed E-state index contributed by atoms with van der Waals surface area (Å²) in [5.74, 6) is 0. The van der Waals surface area contributed by atoms with E-state index < -0.39 is 0 Å². The van der Waals surface area contributed by atoms with E-state index in [9.17, 15) is 0 Å². The van der Waals surface area contributed by atoms with Gasteiger partial charge in [0.15, 0.2) is 0 Å². The van der Waals surface area contributed by atoms with Crippen LogP contribution >= 0.6 is 0 Å². The lowest BCUT2D eigenvalue weighted by atomic mass is 10.2. The second-order valence-electron chi connectivity index (χ2n) is 2.71. The monoisotopic (exact) mass is 174 g/mol. The summed E-state index contributed by atoms with van der Waals surface area (Å²) in [7, 11) is 0. The Balaban J connectivity index is 0.000000424. The minimum Gasteiger partial charge on any atom is -0.0991 e. The number of hydrogen-bond acceptors (Lipinski definition) is 0. The second-order valence-corrected chi connectivity index (χ2v) is 2.71. The highest BCUT2D eigenvalue weighted by molar-refractivity contribution is 5.50. The van der Waals surface area contributed by atoms with Gasteiger partial charge in [-0.3, -0.25) is 0 Å². The van der Waals surface area contributed by atoms with Gasteiger partial charge in [-0.15, -0.1) is 0 Å². The van der Waals surface area contributed by atoms with Crippen LogP contribution in [0.1, 0.15) is 25.8 Å². The second kappa shape index (κ2) is 8.79. The van der Waals surface area contributed by atoms with Gasteiger partial charge in [-0.05, 0) is 5.56 Å². The molecule has 0 atom stereocenters. The van der Waals surface area contributed by atoms with Crippen molar-refractivity contribution in [2.75, 3.05) is 0 Å². The smallest absolute Gasteiger partial charge is 0.0257 e. The van der Waals surface area contributed by atoms with Crippen LogP contribution in [-0.2, 0) is 0 Å². The standard InChI is InChI=1S/C10H10.C3H8/c1-2-3-7-10-8-5-4-6-9-10;1-3-2/h2-9H,1H2;3H2,1-2H3/b7-3+;. The predicted molar refractivity (Wildman–Crippen MR) is 61.6 cm³/mol. The molecule has 70 valence electrons. The first-order chi connectivity index (χ1) is 6.35. The van der Waals surface area contributed by atoms with Crippen molar-refractivity contribution in [2.24, 2.45) is 0 Å². The Morgan fingerprint density at radius 1 is 1.15 bits per heavy atom. The lowest BCUT2D eigenvalue weighted by Crippen LogP contribution is -1.65. The van der Waals surface area contributed by atoms with Gasteiger partial charge in [0.2, 0.25) is 0 Å². The van der Waals surface area contributed by atoms with Gasteiger partial charge in [-0.2, -0.15) is 0 Å². The van der Waals surface area contributed by atoms with Crippen molar-refractivity contribution < 1.29 is 0 Å². The largest absolute Gasteiger partial charge is 0.0991 e. The van der Waals surface area contributed by atoms with Gasteiger partial charge < -0.3 is 0 Å². The van der Waals surface area contributed by atoms with Crippen LogP contribution in [0.2, 0.25) is 0 Å². The van der Waals surface area contributed by atoms with Crippen LogP contribution in [0.25, 0.3) is 6.08 Å². The fourth-order valence-corrected chi connectivity index (χ4v) is 0.743. The Bertz CT molecular complexity index is 231. The molecule has 0 heteroatoms. The molecule has 1 aromatic rings. The highest BCUT2D eigenvalue weighted by atomic mass is 13.8. The first kappa shape index (κ1) is 11.7. The van der Waals surface area contributed by atoms with Crippen molar-refractivity contribution in [1.82, 2.24) is 0 Å². The van der Waals surface area contributed by atoms with E-state index >= 15 is 0 Å². The van der Waals surface area contributed by atoms with Crippen LogP contribution in [-0.4, -0.2) is 0 Å². The summed E-state index contributed by atoms with van der Waals surface area (Å²) >= 11 is 0. The molecule has 0 heterocycles. The molecule has 13 heavy (non-hydrogen) atoms. The van der Waals surface area contributed by atoms with Gasteiger partial charge in [-0.25, -0.2) is 0 Å². The molecule has 0 radical (unpaired) electrons. The maximum Gasteiger partial charge on any atom is -0.0257 e. The third-order valence-electron chi connectivity index (χ3n) is 1.22. The van der Waals surface area contributed by atoms with Gasteiger partial charge in [-0.1, -0.05) is 75.4 Å². The zero-order chi connectivity index (χ0) is 9.94. The average Bonchev–Trinajstić information content (AvgIpc) is 2.18. The molecule has 0 saturated heterocycles. The number of allylic oxidation sites excluding steroid dienone is 2. The maximum atomic E-state index is 3.59. The van der Waals surface area contributed by atoms with E-state index in [1.807, 2.05) is 30.4 Å². The third-order valence-corrected chi connectivity index (χ3v) is 1.22. The maximum absolute atomic E-state index is 3.59. The minimum atomic E-state index is 1.21. The molecule has 0 aliphatic carbocycles. The first-order valence-corrected chi connectivity index (χ1v) is 4.69. The first-order valence-electron chi connectivity index (χ1n) is 4.69. The summed E-state index contributed by atoms with van der Waals surface area (Å²) in [5.41, 5.74) is 1.21. The zero-order valence-electron chi connectivity index (χ0n) is 8.53. The number of benzene rings is 1. The van der Waals surface area contributed by atoms with E-state index in [-0.39, 0.29) is 0 Å².